The summed E-state index contributed by atoms with van der Waals surface area (Å²) < 4.78 is 0. The second-order valence-electron chi connectivity index (χ2n) is 5.23. The third-order valence-electron chi connectivity index (χ3n) is 3.88. The maximum Gasteiger partial charge on any atom is 0.0651 e. The summed E-state index contributed by atoms with van der Waals surface area (Å²) in [5.74, 6) is 0.696. The van der Waals surface area contributed by atoms with Gasteiger partial charge in [-0.05, 0) is 40.3 Å². The van der Waals surface area contributed by atoms with Crippen molar-refractivity contribution >= 4 is 11.3 Å². The van der Waals surface area contributed by atoms with Crippen LogP contribution in [0.4, 0.5) is 0 Å². The second kappa shape index (κ2) is 6.88. The minimum atomic E-state index is -0.313. The largest absolute Gasteiger partial charge is 0.392 e. The van der Waals surface area contributed by atoms with E-state index in [4.69, 9.17) is 0 Å². The zero-order valence-corrected chi connectivity index (χ0v) is 12.4. The van der Waals surface area contributed by atoms with Crippen LogP contribution in [0.1, 0.15) is 37.3 Å². The summed E-state index contributed by atoms with van der Waals surface area (Å²) in [6.45, 7) is 4.42. The highest BCUT2D eigenvalue weighted by Gasteiger charge is 2.26. The van der Waals surface area contributed by atoms with Crippen LogP contribution >= 0.6 is 11.3 Å². The van der Waals surface area contributed by atoms with Gasteiger partial charge in [0.15, 0.2) is 0 Å². The topological polar surface area (TPSA) is 20.2 Å². The van der Waals surface area contributed by atoms with E-state index < -0.39 is 0 Å². The molecule has 19 heavy (non-hydrogen) atoms. The SMILES string of the molecule is CCC(C)C(c1ccccc1)C(O)Cc1ccsc1. The lowest BCUT2D eigenvalue weighted by molar-refractivity contribution is 0.117. The van der Waals surface area contributed by atoms with E-state index in [9.17, 15) is 5.11 Å². The standard InChI is InChI=1S/C17H22OS/c1-3-13(2)17(15-7-5-4-6-8-15)16(18)11-14-9-10-19-12-14/h4-10,12-13,16-18H,3,11H2,1-2H3. The number of thiophene rings is 1. The average Bonchev–Trinajstić information content (AvgIpc) is 2.93. The van der Waals surface area contributed by atoms with Crippen molar-refractivity contribution in [3.05, 3.63) is 58.3 Å². The summed E-state index contributed by atoms with van der Waals surface area (Å²) in [6, 6.07) is 12.5. The third kappa shape index (κ3) is 3.68. The van der Waals surface area contributed by atoms with Crippen LogP contribution in [-0.2, 0) is 6.42 Å². The Labute approximate surface area is 119 Å². The van der Waals surface area contributed by atoms with E-state index in [0.29, 0.717) is 5.92 Å². The van der Waals surface area contributed by atoms with Gasteiger partial charge in [-0.1, -0.05) is 50.6 Å². The Morgan fingerprint density at radius 2 is 1.89 bits per heavy atom. The lowest BCUT2D eigenvalue weighted by Gasteiger charge is -2.28. The van der Waals surface area contributed by atoms with Gasteiger partial charge in [0, 0.05) is 5.92 Å². The van der Waals surface area contributed by atoms with Gasteiger partial charge in [-0.15, -0.1) is 0 Å². The number of rotatable bonds is 6. The Morgan fingerprint density at radius 1 is 1.16 bits per heavy atom. The Bertz CT molecular complexity index is 463. The van der Waals surface area contributed by atoms with Crippen molar-refractivity contribution in [3.63, 3.8) is 0 Å². The lowest BCUT2D eigenvalue weighted by atomic mass is 9.80. The molecule has 2 aromatic rings. The van der Waals surface area contributed by atoms with Crippen LogP contribution in [0.15, 0.2) is 47.2 Å². The molecule has 1 nitrogen and oxygen atoms in total. The molecule has 0 aliphatic rings. The highest BCUT2D eigenvalue weighted by atomic mass is 32.1. The summed E-state index contributed by atoms with van der Waals surface area (Å²) in [5, 5.41) is 14.8. The summed E-state index contributed by atoms with van der Waals surface area (Å²) in [6.07, 6.45) is 1.51. The van der Waals surface area contributed by atoms with E-state index in [1.165, 1.54) is 11.1 Å². The molecule has 0 saturated heterocycles. The smallest absolute Gasteiger partial charge is 0.0651 e. The second-order valence-corrected chi connectivity index (χ2v) is 6.01. The predicted molar refractivity (Wildman–Crippen MR) is 82.7 cm³/mol. The van der Waals surface area contributed by atoms with Crippen molar-refractivity contribution < 1.29 is 5.11 Å². The first-order chi connectivity index (χ1) is 9.22. The van der Waals surface area contributed by atoms with Gasteiger partial charge in [0.1, 0.15) is 0 Å². The molecule has 3 atom stereocenters. The molecule has 1 aromatic carbocycles. The van der Waals surface area contributed by atoms with Gasteiger partial charge >= 0.3 is 0 Å². The molecule has 0 spiro atoms. The molecule has 1 heterocycles. The first-order valence-electron chi connectivity index (χ1n) is 6.96. The minimum absolute atomic E-state index is 0.214. The van der Waals surface area contributed by atoms with E-state index in [1.54, 1.807) is 11.3 Å². The highest BCUT2D eigenvalue weighted by Crippen LogP contribution is 2.32. The zero-order valence-electron chi connectivity index (χ0n) is 11.6. The summed E-state index contributed by atoms with van der Waals surface area (Å²) >= 11 is 1.69. The maximum absolute atomic E-state index is 10.6. The van der Waals surface area contributed by atoms with Gasteiger partial charge < -0.3 is 5.11 Å². The number of benzene rings is 1. The zero-order chi connectivity index (χ0) is 13.7. The fourth-order valence-corrected chi connectivity index (χ4v) is 3.32. The molecule has 2 rings (SSSR count). The molecule has 3 unspecified atom stereocenters. The maximum atomic E-state index is 10.6. The van der Waals surface area contributed by atoms with Crippen LogP contribution in [-0.4, -0.2) is 11.2 Å². The van der Waals surface area contributed by atoms with Crippen LogP contribution < -0.4 is 0 Å². The van der Waals surface area contributed by atoms with Crippen LogP contribution in [0.2, 0.25) is 0 Å². The van der Waals surface area contributed by atoms with E-state index in [2.05, 4.69) is 54.9 Å². The highest BCUT2D eigenvalue weighted by molar-refractivity contribution is 7.07. The molecule has 0 saturated carbocycles. The molecule has 0 amide bonds. The number of hydrogen-bond donors (Lipinski definition) is 1. The van der Waals surface area contributed by atoms with Crippen LogP contribution in [0, 0.1) is 5.92 Å². The molecule has 0 bridgehead atoms. The average molecular weight is 274 g/mol. The molecule has 1 N–H and O–H groups in total. The molecule has 0 radical (unpaired) electrons. The number of aliphatic hydroxyl groups is 1. The fraction of sp³-hybridized carbons (Fsp3) is 0.412. The normalized spacial score (nSPS) is 15.9. The molecule has 0 aliphatic heterocycles. The molecule has 1 aromatic heterocycles. The first-order valence-corrected chi connectivity index (χ1v) is 7.90. The minimum Gasteiger partial charge on any atom is -0.392 e. The van der Waals surface area contributed by atoms with Crippen molar-refractivity contribution in [3.8, 4) is 0 Å². The molecule has 2 heteroatoms. The van der Waals surface area contributed by atoms with E-state index >= 15 is 0 Å². The van der Waals surface area contributed by atoms with Gasteiger partial charge in [-0.25, -0.2) is 0 Å². The quantitative estimate of drug-likeness (QED) is 0.823. The lowest BCUT2D eigenvalue weighted by Crippen LogP contribution is -2.26. The van der Waals surface area contributed by atoms with Gasteiger partial charge in [-0.3, -0.25) is 0 Å². The van der Waals surface area contributed by atoms with Crippen molar-refractivity contribution in [1.29, 1.82) is 0 Å². The fourth-order valence-electron chi connectivity index (χ4n) is 2.64. The third-order valence-corrected chi connectivity index (χ3v) is 4.61. The molecule has 102 valence electrons. The summed E-state index contributed by atoms with van der Waals surface area (Å²) in [5.41, 5.74) is 2.49. The van der Waals surface area contributed by atoms with Crippen LogP contribution in [0.25, 0.3) is 0 Å². The van der Waals surface area contributed by atoms with E-state index in [1.807, 2.05) is 6.07 Å². The summed E-state index contributed by atoms with van der Waals surface area (Å²) in [4.78, 5) is 0. The van der Waals surface area contributed by atoms with Gasteiger partial charge in [0.05, 0.1) is 6.10 Å². The molecular weight excluding hydrogens is 252 g/mol. The van der Waals surface area contributed by atoms with Gasteiger partial charge in [0.25, 0.3) is 0 Å². The number of aliphatic hydroxyl groups excluding tert-OH is 1. The van der Waals surface area contributed by atoms with Crippen molar-refractivity contribution in [2.45, 2.75) is 38.7 Å². The number of hydrogen-bond acceptors (Lipinski definition) is 2. The van der Waals surface area contributed by atoms with Crippen LogP contribution in [0.5, 0.6) is 0 Å². The van der Waals surface area contributed by atoms with Crippen molar-refractivity contribution in [2.75, 3.05) is 0 Å². The molecular formula is C17H22OS. The van der Waals surface area contributed by atoms with Gasteiger partial charge in [-0.2, -0.15) is 11.3 Å². The Balaban J connectivity index is 2.18. The van der Waals surface area contributed by atoms with Gasteiger partial charge in [0.2, 0.25) is 0 Å². The first kappa shape index (κ1) is 14.3. The molecule has 0 fully saturated rings. The van der Waals surface area contributed by atoms with E-state index in [0.717, 1.165) is 12.8 Å². The Morgan fingerprint density at radius 3 is 2.47 bits per heavy atom. The predicted octanol–water partition coefficient (Wildman–Crippen LogP) is 4.48. The summed E-state index contributed by atoms with van der Waals surface area (Å²) in [7, 11) is 0. The Kier molecular flexibility index (Phi) is 5.17. The monoisotopic (exact) mass is 274 g/mol. The Hall–Kier alpha value is -1.12. The van der Waals surface area contributed by atoms with Crippen LogP contribution in [0.3, 0.4) is 0 Å². The van der Waals surface area contributed by atoms with E-state index in [-0.39, 0.29) is 12.0 Å². The van der Waals surface area contributed by atoms with Crippen molar-refractivity contribution in [1.82, 2.24) is 0 Å². The molecule has 0 aliphatic carbocycles. The van der Waals surface area contributed by atoms with Crippen molar-refractivity contribution in [2.24, 2.45) is 5.92 Å².